The second kappa shape index (κ2) is 6.64. The van der Waals surface area contributed by atoms with Crippen LogP contribution in [-0.2, 0) is 9.53 Å². The topological polar surface area (TPSA) is 50.1 Å². The third kappa shape index (κ3) is 4.45. The Balaban J connectivity index is 2.22. The molecule has 0 aliphatic heterocycles. The predicted molar refractivity (Wildman–Crippen MR) is 53.5 cm³/mol. The molecule has 4 heteroatoms. The third-order valence-corrected chi connectivity index (χ3v) is 2.95. The van der Waals surface area contributed by atoms with Gasteiger partial charge in [-0.2, -0.15) is 0 Å². The van der Waals surface area contributed by atoms with Gasteiger partial charge in [0.05, 0.1) is 0 Å². The minimum atomic E-state index is -0.297. The van der Waals surface area contributed by atoms with Gasteiger partial charge in [-0.3, -0.25) is 0 Å². The van der Waals surface area contributed by atoms with Crippen LogP contribution in [0.3, 0.4) is 0 Å². The molecule has 0 atom stereocenters. The van der Waals surface area contributed by atoms with Crippen molar-refractivity contribution in [3.63, 3.8) is 0 Å². The zero-order valence-electron chi connectivity index (χ0n) is 7.94. The molecule has 1 saturated carbocycles. The standard InChI is InChI=1S/C10H13NO2Se/c11-8-14-7-6-10(12)13-9-4-2-1-3-5-9/h6-7,9H,1-5H2/b7-6-. The van der Waals surface area contributed by atoms with Crippen LogP contribution in [0.4, 0.5) is 0 Å². The van der Waals surface area contributed by atoms with Gasteiger partial charge in [0.1, 0.15) is 0 Å². The predicted octanol–water partition coefficient (Wildman–Crippen LogP) is 1.56. The number of rotatable bonds is 3. The molecular formula is C10H13NO2Se. The molecule has 1 fully saturated rings. The molecule has 0 amide bonds. The first-order valence-electron chi connectivity index (χ1n) is 4.75. The molecule has 0 radical (unpaired) electrons. The summed E-state index contributed by atoms with van der Waals surface area (Å²) in [5.74, 6) is -0.297. The molecule has 1 rings (SSSR count). The van der Waals surface area contributed by atoms with Crippen molar-refractivity contribution in [1.82, 2.24) is 0 Å². The summed E-state index contributed by atoms with van der Waals surface area (Å²) in [5.41, 5.74) is 0. The van der Waals surface area contributed by atoms with Gasteiger partial charge in [0.2, 0.25) is 0 Å². The Kier molecular flexibility index (Phi) is 5.36. The molecular weight excluding hydrogens is 245 g/mol. The summed E-state index contributed by atoms with van der Waals surface area (Å²) in [6, 6.07) is 0. The number of nitriles is 1. The molecule has 0 saturated heterocycles. The van der Waals surface area contributed by atoms with E-state index < -0.39 is 0 Å². The van der Waals surface area contributed by atoms with E-state index in [9.17, 15) is 4.79 Å². The van der Waals surface area contributed by atoms with Crippen molar-refractivity contribution in [3.05, 3.63) is 11.1 Å². The first kappa shape index (κ1) is 11.3. The second-order valence-corrected chi connectivity index (χ2v) is 4.66. The van der Waals surface area contributed by atoms with Crippen LogP contribution in [0.2, 0.25) is 0 Å². The van der Waals surface area contributed by atoms with Gasteiger partial charge in [-0.1, -0.05) is 0 Å². The normalized spacial score (nSPS) is 17.9. The second-order valence-electron chi connectivity index (χ2n) is 3.21. The number of nitrogens with zero attached hydrogens (tertiary/aromatic N) is 1. The van der Waals surface area contributed by atoms with Crippen molar-refractivity contribution in [2.45, 2.75) is 38.2 Å². The van der Waals surface area contributed by atoms with Crippen molar-refractivity contribution in [1.29, 1.82) is 5.26 Å². The third-order valence-electron chi connectivity index (χ3n) is 2.16. The molecule has 0 heterocycles. The average molecular weight is 258 g/mol. The molecule has 1 aliphatic carbocycles. The van der Waals surface area contributed by atoms with Crippen LogP contribution in [0.15, 0.2) is 11.1 Å². The van der Waals surface area contributed by atoms with E-state index in [1.165, 1.54) is 12.5 Å². The molecule has 0 bridgehead atoms. The fourth-order valence-electron chi connectivity index (χ4n) is 1.51. The Morgan fingerprint density at radius 3 is 2.79 bits per heavy atom. The van der Waals surface area contributed by atoms with Crippen LogP contribution in [0.25, 0.3) is 0 Å². The van der Waals surface area contributed by atoms with E-state index in [0.717, 1.165) is 25.7 Å². The van der Waals surface area contributed by atoms with Gasteiger partial charge >= 0.3 is 89.9 Å². The van der Waals surface area contributed by atoms with Gasteiger partial charge in [0.15, 0.2) is 0 Å². The SMILES string of the molecule is N#C[Se]/C=C\C(=O)OC1CCCCC1. The van der Waals surface area contributed by atoms with Gasteiger partial charge in [0.25, 0.3) is 0 Å². The number of ether oxygens (including phenoxy) is 1. The molecule has 3 nitrogen and oxygen atoms in total. The monoisotopic (exact) mass is 259 g/mol. The van der Waals surface area contributed by atoms with Crippen LogP contribution in [0.5, 0.6) is 0 Å². The van der Waals surface area contributed by atoms with Gasteiger partial charge in [-0.25, -0.2) is 0 Å². The molecule has 14 heavy (non-hydrogen) atoms. The number of carbonyl (C=O) groups is 1. The van der Waals surface area contributed by atoms with Crippen molar-refractivity contribution in [3.8, 4) is 4.97 Å². The van der Waals surface area contributed by atoms with Crippen LogP contribution < -0.4 is 0 Å². The summed E-state index contributed by atoms with van der Waals surface area (Å²) >= 11 is -0.231. The molecule has 0 aromatic carbocycles. The van der Waals surface area contributed by atoms with E-state index in [2.05, 4.69) is 0 Å². The maximum atomic E-state index is 11.2. The first-order valence-corrected chi connectivity index (χ1v) is 6.59. The Bertz CT molecular complexity index is 251. The quantitative estimate of drug-likeness (QED) is 0.438. The van der Waals surface area contributed by atoms with Crippen molar-refractivity contribution in [2.24, 2.45) is 0 Å². The van der Waals surface area contributed by atoms with Crippen molar-refractivity contribution >= 4 is 20.9 Å². The van der Waals surface area contributed by atoms with E-state index >= 15 is 0 Å². The Labute approximate surface area is 90.3 Å². The fraction of sp³-hybridized carbons (Fsp3) is 0.600. The summed E-state index contributed by atoms with van der Waals surface area (Å²) in [6.45, 7) is 0. The Hall–Kier alpha value is -0.781. The fourth-order valence-corrected chi connectivity index (χ4v) is 2.01. The van der Waals surface area contributed by atoms with Crippen LogP contribution in [-0.4, -0.2) is 27.0 Å². The Morgan fingerprint density at radius 2 is 2.14 bits per heavy atom. The zero-order chi connectivity index (χ0) is 10.2. The van der Waals surface area contributed by atoms with E-state index in [-0.39, 0.29) is 27.0 Å². The molecule has 0 unspecified atom stereocenters. The number of hydrogen-bond acceptors (Lipinski definition) is 3. The number of carbonyl (C=O) groups excluding carboxylic acids is 1. The van der Waals surface area contributed by atoms with Crippen LogP contribution >= 0.6 is 0 Å². The Morgan fingerprint density at radius 1 is 1.43 bits per heavy atom. The average Bonchev–Trinajstić information content (AvgIpc) is 2.20. The van der Waals surface area contributed by atoms with Crippen molar-refractivity contribution < 1.29 is 9.53 Å². The summed E-state index contributed by atoms with van der Waals surface area (Å²) in [5, 5.41) is 8.27. The van der Waals surface area contributed by atoms with E-state index in [4.69, 9.17) is 10.00 Å². The van der Waals surface area contributed by atoms with Crippen molar-refractivity contribution in [2.75, 3.05) is 0 Å². The molecule has 0 aromatic heterocycles. The van der Waals surface area contributed by atoms with Gasteiger partial charge in [-0.15, -0.1) is 0 Å². The van der Waals surface area contributed by atoms with Gasteiger partial charge in [0, 0.05) is 0 Å². The van der Waals surface area contributed by atoms with Crippen LogP contribution in [0, 0.1) is 10.2 Å². The summed E-state index contributed by atoms with van der Waals surface area (Å²) in [6.07, 6.45) is 7.02. The maximum absolute atomic E-state index is 11.2. The number of hydrogen-bond donors (Lipinski definition) is 0. The van der Waals surface area contributed by atoms with E-state index in [0.29, 0.717) is 0 Å². The van der Waals surface area contributed by atoms with Gasteiger partial charge in [-0.05, 0) is 0 Å². The summed E-state index contributed by atoms with van der Waals surface area (Å²) in [4.78, 5) is 14.8. The van der Waals surface area contributed by atoms with E-state index in [1.807, 2.05) is 4.97 Å². The minimum absolute atomic E-state index is 0.107. The molecule has 0 spiro atoms. The molecule has 0 aromatic rings. The summed E-state index contributed by atoms with van der Waals surface area (Å²) < 4.78 is 5.21. The summed E-state index contributed by atoms with van der Waals surface area (Å²) in [7, 11) is 0. The number of esters is 1. The van der Waals surface area contributed by atoms with Crippen LogP contribution in [0.1, 0.15) is 32.1 Å². The van der Waals surface area contributed by atoms with Gasteiger partial charge < -0.3 is 0 Å². The molecule has 76 valence electrons. The van der Waals surface area contributed by atoms with E-state index in [1.54, 1.807) is 4.97 Å². The molecule has 0 N–H and O–H groups in total. The zero-order valence-corrected chi connectivity index (χ0v) is 9.65. The molecule has 1 aliphatic rings. The first-order chi connectivity index (χ1) is 6.83.